The van der Waals surface area contributed by atoms with Gasteiger partial charge < -0.3 is 10.1 Å². The van der Waals surface area contributed by atoms with E-state index in [-0.39, 0.29) is 49.1 Å². The number of anilines is 1. The van der Waals surface area contributed by atoms with Crippen LogP contribution in [-0.4, -0.2) is 41.7 Å². The predicted octanol–water partition coefficient (Wildman–Crippen LogP) is 3.55. The largest absolute Gasteiger partial charge is 0.462 e. The number of amides is 3. The fraction of sp³-hybridized carbons (Fsp3) is 0.652. The Morgan fingerprint density at radius 3 is 2.45 bits per heavy atom. The van der Waals surface area contributed by atoms with Crippen LogP contribution in [0.5, 0.6) is 0 Å². The van der Waals surface area contributed by atoms with Gasteiger partial charge in [0.2, 0.25) is 17.7 Å². The van der Waals surface area contributed by atoms with E-state index in [9.17, 15) is 19.2 Å². The van der Waals surface area contributed by atoms with E-state index in [1.165, 1.54) is 16.2 Å². The molecule has 3 aliphatic rings. The number of thiophene rings is 1. The number of hydrogen-bond acceptors (Lipinski definition) is 6. The summed E-state index contributed by atoms with van der Waals surface area (Å²) in [4.78, 5) is 52.9. The highest BCUT2D eigenvalue weighted by molar-refractivity contribution is 7.17. The van der Waals surface area contributed by atoms with Crippen LogP contribution in [0.2, 0.25) is 0 Å². The average Bonchev–Trinajstić information content (AvgIpc) is 3.21. The second-order valence-corrected chi connectivity index (χ2v) is 10.0. The molecule has 168 valence electrons. The minimum Gasteiger partial charge on any atom is -0.462 e. The monoisotopic (exact) mass is 446 g/mol. The second-order valence-electron chi connectivity index (χ2n) is 8.90. The molecule has 31 heavy (non-hydrogen) atoms. The number of ether oxygens (including phenoxy) is 1. The standard InChI is InChI=1S/C23H30N2O5S/c1-3-30-23(29)19-16-9-8-13(2)12-17(16)31-20(19)24-18(26)10-11-25-21(27)14-6-4-5-7-15(14)22(25)28/h13-15H,3-12H2,1-2H3,(H,24,26)/t13-,14+,15+/m0/s1. The fourth-order valence-corrected chi connectivity index (χ4v) is 6.53. The molecule has 0 spiro atoms. The van der Waals surface area contributed by atoms with Gasteiger partial charge in [0.1, 0.15) is 5.00 Å². The summed E-state index contributed by atoms with van der Waals surface area (Å²) in [5.41, 5.74) is 1.47. The van der Waals surface area contributed by atoms with Crippen molar-refractivity contribution < 1.29 is 23.9 Å². The first-order chi connectivity index (χ1) is 14.9. The van der Waals surface area contributed by atoms with Gasteiger partial charge in [0.25, 0.3) is 0 Å². The van der Waals surface area contributed by atoms with Gasteiger partial charge in [-0.2, -0.15) is 0 Å². The van der Waals surface area contributed by atoms with Crippen LogP contribution in [0, 0.1) is 17.8 Å². The van der Waals surface area contributed by atoms with Crippen LogP contribution in [0.25, 0.3) is 0 Å². The number of likely N-dealkylation sites (tertiary alicyclic amines) is 1. The average molecular weight is 447 g/mol. The molecule has 1 saturated carbocycles. The number of imide groups is 1. The van der Waals surface area contributed by atoms with Crippen LogP contribution in [0.1, 0.15) is 73.2 Å². The van der Waals surface area contributed by atoms with E-state index < -0.39 is 5.97 Å². The number of fused-ring (bicyclic) bond motifs is 2. The van der Waals surface area contributed by atoms with Crippen molar-refractivity contribution in [1.29, 1.82) is 0 Å². The molecule has 7 nitrogen and oxygen atoms in total. The van der Waals surface area contributed by atoms with E-state index in [1.54, 1.807) is 6.92 Å². The summed E-state index contributed by atoms with van der Waals surface area (Å²) in [6.07, 6.45) is 6.21. The first kappa shape index (κ1) is 22.0. The number of esters is 1. The summed E-state index contributed by atoms with van der Waals surface area (Å²) in [5.74, 6) is -0.825. The van der Waals surface area contributed by atoms with Crippen molar-refractivity contribution in [2.75, 3.05) is 18.5 Å². The highest BCUT2D eigenvalue weighted by Crippen LogP contribution is 2.40. The van der Waals surface area contributed by atoms with Gasteiger partial charge in [-0.25, -0.2) is 4.79 Å². The molecule has 0 radical (unpaired) electrons. The maximum atomic E-state index is 12.7. The normalized spacial score (nSPS) is 25.2. The number of nitrogens with one attached hydrogen (secondary N) is 1. The Hall–Kier alpha value is -2.22. The van der Waals surface area contributed by atoms with Crippen LogP contribution in [0.4, 0.5) is 5.00 Å². The van der Waals surface area contributed by atoms with Gasteiger partial charge >= 0.3 is 5.97 Å². The Morgan fingerprint density at radius 2 is 1.81 bits per heavy atom. The van der Waals surface area contributed by atoms with Gasteiger partial charge in [-0.05, 0) is 50.5 Å². The second kappa shape index (κ2) is 9.10. The Labute approximate surface area is 186 Å². The lowest BCUT2D eigenvalue weighted by atomic mass is 9.81. The predicted molar refractivity (Wildman–Crippen MR) is 117 cm³/mol. The number of hydrogen-bond donors (Lipinski definition) is 1. The third-order valence-electron chi connectivity index (χ3n) is 6.74. The summed E-state index contributed by atoms with van der Waals surface area (Å²) in [5, 5.41) is 3.39. The van der Waals surface area contributed by atoms with Gasteiger partial charge in [0, 0.05) is 17.8 Å². The third kappa shape index (κ3) is 4.27. The number of nitrogens with zero attached hydrogens (tertiary/aromatic N) is 1. The smallest absolute Gasteiger partial charge is 0.341 e. The maximum absolute atomic E-state index is 12.7. The quantitative estimate of drug-likeness (QED) is 0.533. The third-order valence-corrected chi connectivity index (χ3v) is 7.91. The Balaban J connectivity index is 1.44. The van der Waals surface area contributed by atoms with E-state index in [0.717, 1.165) is 55.4 Å². The molecule has 3 atom stereocenters. The van der Waals surface area contributed by atoms with Crippen molar-refractivity contribution >= 4 is 40.0 Å². The van der Waals surface area contributed by atoms with Crippen molar-refractivity contribution in [3.8, 4) is 0 Å². The zero-order valence-electron chi connectivity index (χ0n) is 18.2. The Morgan fingerprint density at radius 1 is 1.13 bits per heavy atom. The Kier molecular flexibility index (Phi) is 6.46. The van der Waals surface area contributed by atoms with E-state index >= 15 is 0 Å². The SMILES string of the molecule is CCOC(=O)c1c(NC(=O)CCN2C(=O)[C@@H]3CCCC[C@H]3C2=O)sc2c1CC[C@H](C)C2. The lowest BCUT2D eigenvalue weighted by Crippen LogP contribution is -2.34. The fourth-order valence-electron chi connectivity index (χ4n) is 5.11. The highest BCUT2D eigenvalue weighted by atomic mass is 32.1. The number of carbonyl (C=O) groups excluding carboxylic acids is 4. The summed E-state index contributed by atoms with van der Waals surface area (Å²) in [7, 11) is 0. The number of carbonyl (C=O) groups is 4. The van der Waals surface area contributed by atoms with Gasteiger partial charge in [0.15, 0.2) is 0 Å². The molecule has 2 fully saturated rings. The minimum absolute atomic E-state index is 0.0259. The molecule has 0 aromatic carbocycles. The summed E-state index contributed by atoms with van der Waals surface area (Å²) in [6, 6.07) is 0. The van der Waals surface area contributed by atoms with E-state index in [4.69, 9.17) is 4.74 Å². The van der Waals surface area contributed by atoms with Gasteiger partial charge in [-0.3, -0.25) is 19.3 Å². The molecular weight excluding hydrogens is 416 g/mol. The lowest BCUT2D eigenvalue weighted by molar-refractivity contribution is -0.140. The number of rotatable bonds is 6. The molecule has 1 aromatic rings. The molecule has 4 rings (SSSR count). The van der Waals surface area contributed by atoms with Crippen molar-refractivity contribution in [2.45, 2.75) is 65.2 Å². The first-order valence-electron chi connectivity index (χ1n) is 11.4. The molecule has 1 saturated heterocycles. The maximum Gasteiger partial charge on any atom is 0.341 e. The molecule has 2 heterocycles. The van der Waals surface area contributed by atoms with Crippen LogP contribution in [-0.2, 0) is 32.0 Å². The van der Waals surface area contributed by atoms with Crippen LogP contribution in [0.3, 0.4) is 0 Å². The minimum atomic E-state index is -0.404. The molecular formula is C23H30N2O5S. The highest BCUT2D eigenvalue weighted by Gasteiger charge is 2.47. The van der Waals surface area contributed by atoms with Gasteiger partial charge in [-0.15, -0.1) is 11.3 Å². The molecule has 0 bridgehead atoms. The Bertz CT molecular complexity index is 884. The van der Waals surface area contributed by atoms with Crippen molar-refractivity contribution in [1.82, 2.24) is 4.90 Å². The van der Waals surface area contributed by atoms with Crippen LogP contribution < -0.4 is 5.32 Å². The molecule has 1 aromatic heterocycles. The summed E-state index contributed by atoms with van der Waals surface area (Å²) >= 11 is 1.44. The van der Waals surface area contributed by atoms with Crippen molar-refractivity contribution in [2.24, 2.45) is 17.8 Å². The summed E-state index contributed by atoms with van der Waals surface area (Å²) in [6.45, 7) is 4.31. The first-order valence-corrected chi connectivity index (χ1v) is 12.2. The zero-order valence-corrected chi connectivity index (χ0v) is 19.0. The van der Waals surface area contributed by atoms with Gasteiger partial charge in [0.05, 0.1) is 24.0 Å². The van der Waals surface area contributed by atoms with Gasteiger partial charge in [-0.1, -0.05) is 19.8 Å². The molecule has 8 heteroatoms. The zero-order chi connectivity index (χ0) is 22.1. The molecule has 1 aliphatic heterocycles. The molecule has 0 unspecified atom stereocenters. The van der Waals surface area contributed by atoms with E-state index in [1.807, 2.05) is 0 Å². The molecule has 2 aliphatic carbocycles. The molecule has 3 amide bonds. The van der Waals surface area contributed by atoms with Crippen LogP contribution in [0.15, 0.2) is 0 Å². The lowest BCUT2D eigenvalue weighted by Gasteiger charge is -2.19. The van der Waals surface area contributed by atoms with E-state index in [2.05, 4.69) is 12.2 Å². The molecule has 1 N–H and O–H groups in total. The van der Waals surface area contributed by atoms with Crippen molar-refractivity contribution in [3.63, 3.8) is 0 Å². The van der Waals surface area contributed by atoms with Crippen molar-refractivity contribution in [3.05, 3.63) is 16.0 Å². The topological polar surface area (TPSA) is 92.8 Å². The summed E-state index contributed by atoms with van der Waals surface area (Å²) < 4.78 is 5.24. The van der Waals surface area contributed by atoms with E-state index in [0.29, 0.717) is 16.5 Å². The van der Waals surface area contributed by atoms with Crippen LogP contribution >= 0.6 is 11.3 Å².